The Kier molecular flexibility index (Phi) is 3.06. The van der Waals surface area contributed by atoms with Gasteiger partial charge in [-0.15, -0.1) is 0 Å². The molecule has 0 amide bonds. The van der Waals surface area contributed by atoms with Gasteiger partial charge in [0.2, 0.25) is 0 Å². The van der Waals surface area contributed by atoms with E-state index in [2.05, 4.69) is 0 Å². The van der Waals surface area contributed by atoms with E-state index in [4.69, 9.17) is 13.9 Å². The van der Waals surface area contributed by atoms with Crippen molar-refractivity contribution in [2.45, 2.75) is 5.92 Å². The minimum atomic E-state index is -0.116. The summed E-state index contributed by atoms with van der Waals surface area (Å²) in [6.07, 6.45) is 7.81. The molecule has 1 aromatic carbocycles. The van der Waals surface area contributed by atoms with Gasteiger partial charge in [-0.1, -0.05) is 24.3 Å². The SMILES string of the molecule is COc1cc(OC)c2c(=O)cc(C3C=CC=C3)oc2c1. The zero-order valence-corrected chi connectivity index (χ0v) is 11.3. The summed E-state index contributed by atoms with van der Waals surface area (Å²) in [6, 6.07) is 4.89. The maximum absolute atomic E-state index is 12.3. The first kappa shape index (κ1) is 12.5. The molecule has 0 radical (unpaired) electrons. The highest BCUT2D eigenvalue weighted by molar-refractivity contribution is 5.85. The van der Waals surface area contributed by atoms with Crippen LogP contribution in [0, 0.1) is 0 Å². The molecular weight excluding hydrogens is 256 g/mol. The second-order valence-corrected chi connectivity index (χ2v) is 4.51. The first-order valence-corrected chi connectivity index (χ1v) is 6.27. The second kappa shape index (κ2) is 4.89. The monoisotopic (exact) mass is 270 g/mol. The van der Waals surface area contributed by atoms with Crippen molar-refractivity contribution in [1.82, 2.24) is 0 Å². The average Bonchev–Trinajstić information content (AvgIpc) is 2.99. The van der Waals surface area contributed by atoms with E-state index in [0.717, 1.165) is 0 Å². The third kappa shape index (κ3) is 1.99. The van der Waals surface area contributed by atoms with Crippen LogP contribution in [0.2, 0.25) is 0 Å². The summed E-state index contributed by atoms with van der Waals surface area (Å²) in [6.45, 7) is 0. The molecule has 0 bridgehead atoms. The quantitative estimate of drug-likeness (QED) is 0.860. The van der Waals surface area contributed by atoms with Gasteiger partial charge in [0.25, 0.3) is 0 Å². The number of benzene rings is 1. The highest BCUT2D eigenvalue weighted by Gasteiger charge is 2.16. The molecule has 4 heteroatoms. The zero-order valence-electron chi connectivity index (χ0n) is 11.3. The van der Waals surface area contributed by atoms with Gasteiger partial charge < -0.3 is 13.9 Å². The molecule has 1 aliphatic carbocycles. The van der Waals surface area contributed by atoms with E-state index in [9.17, 15) is 4.79 Å². The first-order valence-electron chi connectivity index (χ1n) is 6.27. The Morgan fingerprint density at radius 3 is 2.45 bits per heavy atom. The predicted octanol–water partition coefficient (Wildman–Crippen LogP) is 3.02. The van der Waals surface area contributed by atoms with E-state index in [1.165, 1.54) is 13.2 Å². The van der Waals surface area contributed by atoms with Crippen LogP contribution < -0.4 is 14.9 Å². The number of ether oxygens (including phenoxy) is 2. The van der Waals surface area contributed by atoms with Crippen molar-refractivity contribution in [2.75, 3.05) is 14.2 Å². The molecule has 0 saturated heterocycles. The van der Waals surface area contributed by atoms with Crippen molar-refractivity contribution < 1.29 is 13.9 Å². The number of rotatable bonds is 3. The number of hydrogen-bond donors (Lipinski definition) is 0. The van der Waals surface area contributed by atoms with Crippen molar-refractivity contribution in [3.05, 3.63) is 58.5 Å². The Morgan fingerprint density at radius 1 is 1.05 bits per heavy atom. The molecule has 1 aliphatic rings. The van der Waals surface area contributed by atoms with Crippen LogP contribution in [0.4, 0.5) is 0 Å². The number of hydrogen-bond acceptors (Lipinski definition) is 4. The van der Waals surface area contributed by atoms with E-state index in [0.29, 0.717) is 28.2 Å². The Balaban J connectivity index is 2.27. The molecule has 0 atom stereocenters. The maximum Gasteiger partial charge on any atom is 0.196 e. The lowest BCUT2D eigenvalue weighted by atomic mass is 10.1. The molecule has 102 valence electrons. The fourth-order valence-electron chi connectivity index (χ4n) is 2.31. The van der Waals surface area contributed by atoms with Crippen LogP contribution in [0.1, 0.15) is 11.7 Å². The first-order chi connectivity index (χ1) is 9.72. The molecule has 0 fully saturated rings. The van der Waals surface area contributed by atoms with E-state index < -0.39 is 0 Å². The summed E-state index contributed by atoms with van der Waals surface area (Å²) < 4.78 is 16.3. The number of methoxy groups -OCH3 is 2. The van der Waals surface area contributed by atoms with Crippen LogP contribution in [0.3, 0.4) is 0 Å². The van der Waals surface area contributed by atoms with Crippen molar-refractivity contribution in [3.63, 3.8) is 0 Å². The lowest BCUT2D eigenvalue weighted by Crippen LogP contribution is -2.05. The fraction of sp³-hybridized carbons (Fsp3) is 0.188. The highest BCUT2D eigenvalue weighted by atomic mass is 16.5. The third-order valence-corrected chi connectivity index (χ3v) is 3.32. The van der Waals surface area contributed by atoms with Gasteiger partial charge in [0, 0.05) is 18.2 Å². The zero-order chi connectivity index (χ0) is 14.1. The summed E-state index contributed by atoms with van der Waals surface area (Å²) in [5.74, 6) is 1.66. The number of allylic oxidation sites excluding steroid dienone is 4. The Morgan fingerprint density at radius 2 is 1.80 bits per heavy atom. The molecule has 0 unspecified atom stereocenters. The number of fused-ring (bicyclic) bond motifs is 1. The van der Waals surface area contributed by atoms with Crippen molar-refractivity contribution >= 4 is 11.0 Å². The van der Waals surface area contributed by atoms with Gasteiger partial charge in [-0.2, -0.15) is 0 Å². The van der Waals surface area contributed by atoms with Gasteiger partial charge >= 0.3 is 0 Å². The Labute approximate surface area is 115 Å². The highest BCUT2D eigenvalue weighted by Crippen LogP contribution is 2.31. The lowest BCUT2D eigenvalue weighted by molar-refractivity contribution is 0.395. The summed E-state index contributed by atoms with van der Waals surface area (Å²) in [5.41, 5.74) is 0.354. The van der Waals surface area contributed by atoms with E-state index in [1.807, 2.05) is 24.3 Å². The van der Waals surface area contributed by atoms with Crippen LogP contribution >= 0.6 is 0 Å². The molecule has 0 aliphatic heterocycles. The molecule has 2 aromatic rings. The van der Waals surface area contributed by atoms with Gasteiger partial charge in [0.15, 0.2) is 5.43 Å². The molecular formula is C16H14O4. The van der Waals surface area contributed by atoms with Crippen molar-refractivity contribution in [2.24, 2.45) is 0 Å². The maximum atomic E-state index is 12.3. The molecule has 1 heterocycles. The second-order valence-electron chi connectivity index (χ2n) is 4.51. The third-order valence-electron chi connectivity index (χ3n) is 3.32. The fourth-order valence-corrected chi connectivity index (χ4v) is 2.31. The molecule has 0 saturated carbocycles. The standard InChI is InChI=1S/C16H14O4/c1-18-11-7-14(19-2)16-12(17)9-13(20-15(16)8-11)10-5-3-4-6-10/h3-10H,1-2H3. The molecule has 20 heavy (non-hydrogen) atoms. The van der Waals surface area contributed by atoms with Gasteiger partial charge in [-0.3, -0.25) is 4.79 Å². The van der Waals surface area contributed by atoms with Crippen LogP contribution in [0.15, 0.2) is 51.7 Å². The van der Waals surface area contributed by atoms with E-state index >= 15 is 0 Å². The van der Waals surface area contributed by atoms with Crippen LogP contribution in [-0.2, 0) is 0 Å². The van der Waals surface area contributed by atoms with Gasteiger partial charge in [-0.05, 0) is 0 Å². The molecule has 0 spiro atoms. The normalized spacial score (nSPS) is 14.1. The molecule has 3 rings (SSSR count). The Bertz CT molecular complexity index is 756. The summed E-state index contributed by atoms with van der Waals surface area (Å²) in [7, 11) is 3.08. The van der Waals surface area contributed by atoms with Crippen LogP contribution in [0.5, 0.6) is 11.5 Å². The average molecular weight is 270 g/mol. The predicted molar refractivity (Wildman–Crippen MR) is 76.6 cm³/mol. The van der Waals surface area contributed by atoms with Gasteiger partial charge in [0.05, 0.1) is 20.1 Å². The Hall–Kier alpha value is -2.49. The molecule has 0 N–H and O–H groups in total. The lowest BCUT2D eigenvalue weighted by Gasteiger charge is -2.10. The summed E-state index contributed by atoms with van der Waals surface area (Å²) in [4.78, 5) is 12.3. The van der Waals surface area contributed by atoms with E-state index in [1.54, 1.807) is 19.2 Å². The summed E-state index contributed by atoms with van der Waals surface area (Å²) in [5, 5.41) is 0.433. The molecule has 1 aromatic heterocycles. The van der Waals surface area contributed by atoms with E-state index in [-0.39, 0.29) is 11.3 Å². The minimum Gasteiger partial charge on any atom is -0.496 e. The van der Waals surface area contributed by atoms with Crippen LogP contribution in [-0.4, -0.2) is 14.2 Å². The minimum absolute atomic E-state index is 0.00398. The molecule has 4 nitrogen and oxygen atoms in total. The topological polar surface area (TPSA) is 48.7 Å². The van der Waals surface area contributed by atoms with Gasteiger partial charge in [0.1, 0.15) is 28.2 Å². The largest absolute Gasteiger partial charge is 0.496 e. The van der Waals surface area contributed by atoms with Gasteiger partial charge in [-0.25, -0.2) is 0 Å². The van der Waals surface area contributed by atoms with Crippen molar-refractivity contribution in [1.29, 1.82) is 0 Å². The smallest absolute Gasteiger partial charge is 0.196 e. The van der Waals surface area contributed by atoms with Crippen molar-refractivity contribution in [3.8, 4) is 11.5 Å². The van der Waals surface area contributed by atoms with Crippen LogP contribution in [0.25, 0.3) is 11.0 Å². The summed E-state index contributed by atoms with van der Waals surface area (Å²) >= 11 is 0.